The number of benzene rings is 2. The molecule has 3 unspecified atom stereocenters. The molecule has 0 radical (unpaired) electrons. The van der Waals surface area contributed by atoms with Crippen LogP contribution in [0.4, 0.5) is 0 Å². The lowest BCUT2D eigenvalue weighted by atomic mass is 9.97. The summed E-state index contributed by atoms with van der Waals surface area (Å²) in [7, 11) is 0. The standard InChI is InChI=1S/C21H26O2/c1-15-13-19-14-20(9-10-21(19)16(15)2)23-17(3)22-12-11-18-7-5-4-6-8-18/h4-10,14-17H,11-13H2,1-3H3. The highest BCUT2D eigenvalue weighted by atomic mass is 16.7. The summed E-state index contributed by atoms with van der Waals surface area (Å²) in [6.07, 6.45) is 1.83. The van der Waals surface area contributed by atoms with E-state index in [9.17, 15) is 0 Å². The molecule has 1 aliphatic rings. The second-order valence-electron chi connectivity index (χ2n) is 6.62. The Labute approximate surface area is 139 Å². The number of rotatable bonds is 6. The van der Waals surface area contributed by atoms with E-state index in [-0.39, 0.29) is 6.29 Å². The summed E-state index contributed by atoms with van der Waals surface area (Å²) in [6, 6.07) is 16.9. The van der Waals surface area contributed by atoms with Crippen molar-refractivity contribution in [2.24, 2.45) is 5.92 Å². The Morgan fingerprint density at radius 3 is 2.65 bits per heavy atom. The van der Waals surface area contributed by atoms with E-state index in [2.05, 4.69) is 56.3 Å². The zero-order valence-corrected chi connectivity index (χ0v) is 14.3. The molecule has 23 heavy (non-hydrogen) atoms. The van der Waals surface area contributed by atoms with E-state index in [4.69, 9.17) is 9.47 Å². The lowest BCUT2D eigenvalue weighted by Crippen LogP contribution is -2.18. The zero-order chi connectivity index (χ0) is 16.2. The van der Waals surface area contributed by atoms with Gasteiger partial charge in [0.15, 0.2) is 6.29 Å². The predicted molar refractivity (Wildman–Crippen MR) is 93.9 cm³/mol. The van der Waals surface area contributed by atoms with Gasteiger partial charge < -0.3 is 9.47 Å². The minimum absolute atomic E-state index is 0.229. The average molecular weight is 310 g/mol. The van der Waals surface area contributed by atoms with E-state index in [0.717, 1.165) is 24.5 Å². The number of fused-ring (bicyclic) bond motifs is 1. The Morgan fingerprint density at radius 2 is 1.87 bits per heavy atom. The molecular formula is C21H26O2. The number of hydrogen-bond acceptors (Lipinski definition) is 2. The molecule has 0 heterocycles. The van der Waals surface area contributed by atoms with Crippen LogP contribution in [-0.4, -0.2) is 12.9 Å². The molecule has 0 aliphatic heterocycles. The highest BCUT2D eigenvalue weighted by molar-refractivity contribution is 5.41. The monoisotopic (exact) mass is 310 g/mol. The van der Waals surface area contributed by atoms with E-state index in [1.165, 1.54) is 16.7 Å². The van der Waals surface area contributed by atoms with Crippen LogP contribution in [0.15, 0.2) is 48.5 Å². The van der Waals surface area contributed by atoms with Crippen molar-refractivity contribution in [3.63, 3.8) is 0 Å². The van der Waals surface area contributed by atoms with Crippen LogP contribution < -0.4 is 4.74 Å². The maximum absolute atomic E-state index is 5.93. The van der Waals surface area contributed by atoms with Crippen LogP contribution >= 0.6 is 0 Å². The van der Waals surface area contributed by atoms with Crippen molar-refractivity contribution in [1.29, 1.82) is 0 Å². The molecule has 122 valence electrons. The van der Waals surface area contributed by atoms with Crippen molar-refractivity contribution in [2.75, 3.05) is 6.61 Å². The molecule has 1 aliphatic carbocycles. The minimum atomic E-state index is -0.229. The van der Waals surface area contributed by atoms with Gasteiger partial charge in [-0.15, -0.1) is 0 Å². The van der Waals surface area contributed by atoms with Gasteiger partial charge in [-0.05, 0) is 60.4 Å². The number of ether oxygens (including phenoxy) is 2. The van der Waals surface area contributed by atoms with Crippen LogP contribution in [-0.2, 0) is 17.6 Å². The Morgan fingerprint density at radius 1 is 1.09 bits per heavy atom. The molecule has 0 spiro atoms. The summed E-state index contributed by atoms with van der Waals surface area (Å²) in [5, 5.41) is 0. The topological polar surface area (TPSA) is 18.5 Å². The van der Waals surface area contributed by atoms with Crippen molar-refractivity contribution in [2.45, 2.75) is 45.8 Å². The van der Waals surface area contributed by atoms with Gasteiger partial charge in [0, 0.05) is 0 Å². The van der Waals surface area contributed by atoms with Gasteiger partial charge in [0.05, 0.1) is 6.61 Å². The summed E-state index contributed by atoms with van der Waals surface area (Å²) in [5.41, 5.74) is 4.20. The van der Waals surface area contributed by atoms with Gasteiger partial charge in [-0.3, -0.25) is 0 Å². The fourth-order valence-electron chi connectivity index (χ4n) is 3.32. The van der Waals surface area contributed by atoms with Gasteiger partial charge in [-0.2, -0.15) is 0 Å². The molecular weight excluding hydrogens is 284 g/mol. The third-order valence-corrected chi connectivity index (χ3v) is 4.89. The average Bonchev–Trinajstić information content (AvgIpc) is 2.82. The van der Waals surface area contributed by atoms with E-state index < -0.39 is 0 Å². The molecule has 0 aromatic heterocycles. The van der Waals surface area contributed by atoms with Crippen molar-refractivity contribution in [3.05, 3.63) is 65.2 Å². The highest BCUT2D eigenvalue weighted by Gasteiger charge is 2.25. The Kier molecular flexibility index (Phi) is 5.02. The predicted octanol–water partition coefficient (Wildman–Crippen LogP) is 4.97. The van der Waals surface area contributed by atoms with Gasteiger partial charge in [0.2, 0.25) is 0 Å². The lowest BCUT2D eigenvalue weighted by Gasteiger charge is -2.16. The first-order valence-electron chi connectivity index (χ1n) is 8.58. The van der Waals surface area contributed by atoms with Crippen LogP contribution in [0, 0.1) is 5.92 Å². The molecule has 0 saturated carbocycles. The first kappa shape index (κ1) is 16.1. The Hall–Kier alpha value is -1.80. The molecule has 2 aromatic carbocycles. The maximum Gasteiger partial charge on any atom is 0.196 e. The normalized spacial score (nSPS) is 21.0. The second-order valence-corrected chi connectivity index (χ2v) is 6.62. The zero-order valence-electron chi connectivity index (χ0n) is 14.3. The van der Waals surface area contributed by atoms with Crippen LogP contribution in [0.5, 0.6) is 5.75 Å². The van der Waals surface area contributed by atoms with Crippen molar-refractivity contribution >= 4 is 0 Å². The fourth-order valence-corrected chi connectivity index (χ4v) is 3.32. The van der Waals surface area contributed by atoms with Gasteiger partial charge >= 0.3 is 0 Å². The van der Waals surface area contributed by atoms with Crippen molar-refractivity contribution in [3.8, 4) is 5.75 Å². The van der Waals surface area contributed by atoms with Gasteiger partial charge in [-0.25, -0.2) is 0 Å². The summed E-state index contributed by atoms with van der Waals surface area (Å²) < 4.78 is 11.7. The van der Waals surface area contributed by atoms with Crippen molar-refractivity contribution < 1.29 is 9.47 Å². The third-order valence-electron chi connectivity index (χ3n) is 4.89. The summed E-state index contributed by atoms with van der Waals surface area (Å²) >= 11 is 0. The maximum atomic E-state index is 5.93. The van der Waals surface area contributed by atoms with E-state index in [0.29, 0.717) is 12.5 Å². The molecule has 2 aromatic rings. The largest absolute Gasteiger partial charge is 0.465 e. The highest BCUT2D eigenvalue weighted by Crippen LogP contribution is 2.38. The molecule has 0 fully saturated rings. The van der Waals surface area contributed by atoms with Gasteiger partial charge in [0.1, 0.15) is 5.75 Å². The number of hydrogen-bond donors (Lipinski definition) is 0. The summed E-state index contributed by atoms with van der Waals surface area (Å²) in [6.45, 7) is 7.26. The molecule has 3 atom stereocenters. The minimum Gasteiger partial charge on any atom is -0.465 e. The van der Waals surface area contributed by atoms with Crippen molar-refractivity contribution in [1.82, 2.24) is 0 Å². The summed E-state index contributed by atoms with van der Waals surface area (Å²) in [5.74, 6) is 2.29. The van der Waals surface area contributed by atoms with Crippen LogP contribution in [0.3, 0.4) is 0 Å². The van der Waals surface area contributed by atoms with Gasteiger partial charge in [0.25, 0.3) is 0 Å². The molecule has 0 amide bonds. The van der Waals surface area contributed by atoms with E-state index in [1.807, 2.05) is 13.0 Å². The molecule has 0 saturated heterocycles. The SMILES string of the molecule is CC(OCCc1ccccc1)Oc1ccc2c(c1)CC(C)C2C. The van der Waals surface area contributed by atoms with Crippen LogP contribution in [0.25, 0.3) is 0 Å². The van der Waals surface area contributed by atoms with E-state index >= 15 is 0 Å². The molecule has 0 bridgehead atoms. The van der Waals surface area contributed by atoms with Gasteiger partial charge in [-0.1, -0.05) is 50.2 Å². The Balaban J connectivity index is 1.51. The Bertz CT molecular complexity index is 636. The lowest BCUT2D eigenvalue weighted by molar-refractivity contribution is -0.0654. The van der Waals surface area contributed by atoms with Crippen LogP contribution in [0.2, 0.25) is 0 Å². The first-order chi connectivity index (χ1) is 11.1. The molecule has 2 heteroatoms. The molecule has 0 N–H and O–H groups in total. The quantitative estimate of drug-likeness (QED) is 0.702. The van der Waals surface area contributed by atoms with E-state index in [1.54, 1.807) is 0 Å². The first-order valence-corrected chi connectivity index (χ1v) is 8.58. The molecule has 2 nitrogen and oxygen atoms in total. The molecule has 3 rings (SSSR count). The smallest absolute Gasteiger partial charge is 0.196 e. The summed E-state index contributed by atoms with van der Waals surface area (Å²) in [4.78, 5) is 0. The third kappa shape index (κ3) is 3.94. The fraction of sp³-hybridized carbons (Fsp3) is 0.429. The van der Waals surface area contributed by atoms with Crippen LogP contribution in [0.1, 0.15) is 43.4 Å². The second kappa shape index (κ2) is 7.18.